The van der Waals surface area contributed by atoms with Gasteiger partial charge in [-0.05, 0) is 13.0 Å². The van der Waals surface area contributed by atoms with Gasteiger partial charge in [-0.15, -0.1) is 0 Å². The summed E-state index contributed by atoms with van der Waals surface area (Å²) in [6, 6.07) is 0.326. The first-order valence-electron chi connectivity index (χ1n) is 2.74. The lowest BCUT2D eigenvalue weighted by Crippen LogP contribution is -2.27. The van der Waals surface area contributed by atoms with E-state index in [1.807, 2.05) is 6.92 Å². The number of rotatable bonds is 0. The van der Waals surface area contributed by atoms with Gasteiger partial charge in [0.25, 0.3) is 0 Å². The summed E-state index contributed by atoms with van der Waals surface area (Å²) in [7, 11) is 0. The van der Waals surface area contributed by atoms with Crippen molar-refractivity contribution < 1.29 is 4.79 Å². The van der Waals surface area contributed by atoms with E-state index in [2.05, 4.69) is 5.32 Å². The Hall–Kier alpha value is -0.790. The Morgan fingerprint density at radius 1 is 1.88 bits per heavy atom. The molecule has 1 N–H and O–H groups in total. The molecule has 1 aliphatic heterocycles. The van der Waals surface area contributed by atoms with Gasteiger partial charge in [-0.1, -0.05) is 0 Å². The minimum atomic E-state index is 0.219. The zero-order valence-electron chi connectivity index (χ0n) is 4.85. The quantitative estimate of drug-likeness (QED) is 0.491. The van der Waals surface area contributed by atoms with Gasteiger partial charge in [-0.3, -0.25) is 4.79 Å². The molecule has 8 heavy (non-hydrogen) atoms. The van der Waals surface area contributed by atoms with Gasteiger partial charge in [0.1, 0.15) is 0 Å². The van der Waals surface area contributed by atoms with E-state index in [0.29, 0.717) is 12.5 Å². The number of allylic oxidation sites excluding steroid dienone is 1. The van der Waals surface area contributed by atoms with Gasteiger partial charge < -0.3 is 5.32 Å². The summed E-state index contributed by atoms with van der Waals surface area (Å²) < 4.78 is 0. The summed E-state index contributed by atoms with van der Waals surface area (Å²) in [4.78, 5) is 10.5. The minimum absolute atomic E-state index is 0.219. The number of hydrogen-bond acceptors (Lipinski definition) is 2. The second-order valence-corrected chi connectivity index (χ2v) is 2.07. The van der Waals surface area contributed by atoms with Crippen LogP contribution in [-0.4, -0.2) is 11.8 Å². The van der Waals surface area contributed by atoms with Crippen LogP contribution < -0.4 is 5.32 Å². The molecule has 0 aromatic heterocycles. The minimum Gasteiger partial charge on any atom is -0.388 e. The second kappa shape index (κ2) is 1.99. The van der Waals surface area contributed by atoms with Crippen LogP contribution in [-0.2, 0) is 4.79 Å². The highest BCUT2D eigenvalue weighted by Crippen LogP contribution is 1.97. The van der Waals surface area contributed by atoms with E-state index in [1.54, 1.807) is 12.3 Å². The van der Waals surface area contributed by atoms with Gasteiger partial charge in [0.2, 0.25) is 0 Å². The van der Waals surface area contributed by atoms with Crippen LogP contribution in [0.3, 0.4) is 0 Å². The normalized spacial score (nSPS) is 27.6. The number of carbonyl (C=O) groups is 1. The highest BCUT2D eigenvalue weighted by Gasteiger charge is 2.07. The Morgan fingerprint density at radius 3 is 3.00 bits per heavy atom. The van der Waals surface area contributed by atoms with E-state index in [-0.39, 0.29) is 5.78 Å². The van der Waals surface area contributed by atoms with Crippen LogP contribution in [0.4, 0.5) is 0 Å². The van der Waals surface area contributed by atoms with Gasteiger partial charge in [-0.2, -0.15) is 0 Å². The molecule has 1 atom stereocenters. The first-order valence-corrected chi connectivity index (χ1v) is 2.74. The molecule has 0 spiro atoms. The number of nitrogens with one attached hydrogen (secondary N) is 1. The molecule has 0 bridgehead atoms. The third-order valence-corrected chi connectivity index (χ3v) is 1.16. The highest BCUT2D eigenvalue weighted by molar-refractivity contribution is 5.90. The topological polar surface area (TPSA) is 29.1 Å². The van der Waals surface area contributed by atoms with Crippen LogP contribution in [0.15, 0.2) is 12.3 Å². The van der Waals surface area contributed by atoms with E-state index < -0.39 is 0 Å². The van der Waals surface area contributed by atoms with Crippen molar-refractivity contribution in [2.75, 3.05) is 0 Å². The van der Waals surface area contributed by atoms with E-state index >= 15 is 0 Å². The summed E-state index contributed by atoms with van der Waals surface area (Å²) >= 11 is 0. The summed E-state index contributed by atoms with van der Waals surface area (Å²) in [5.74, 6) is 0.219. The van der Waals surface area contributed by atoms with Crippen LogP contribution >= 0.6 is 0 Å². The fraction of sp³-hybridized carbons (Fsp3) is 0.500. The van der Waals surface area contributed by atoms with Gasteiger partial charge in [0, 0.05) is 18.7 Å². The molecule has 0 saturated carbocycles. The van der Waals surface area contributed by atoms with Gasteiger partial charge in [0.05, 0.1) is 0 Å². The van der Waals surface area contributed by atoms with Crippen LogP contribution in [0.25, 0.3) is 0 Å². The predicted molar refractivity (Wildman–Crippen MR) is 31.4 cm³/mol. The fourth-order valence-electron chi connectivity index (χ4n) is 0.734. The maximum absolute atomic E-state index is 10.5. The first kappa shape index (κ1) is 5.35. The SMILES string of the molecule is C[C@@H]1CC(=O)C=CN1. The number of hydrogen-bond donors (Lipinski definition) is 1. The Morgan fingerprint density at radius 2 is 2.62 bits per heavy atom. The van der Waals surface area contributed by atoms with Crippen LogP contribution in [0.5, 0.6) is 0 Å². The molecule has 2 nitrogen and oxygen atoms in total. The summed E-state index contributed by atoms with van der Waals surface area (Å²) in [6.45, 7) is 1.99. The molecule has 0 amide bonds. The Balaban J connectivity index is 2.54. The molecule has 44 valence electrons. The van der Waals surface area contributed by atoms with Crippen molar-refractivity contribution in [2.24, 2.45) is 0 Å². The molecule has 1 heterocycles. The molecule has 0 fully saturated rings. The Kier molecular flexibility index (Phi) is 1.33. The van der Waals surface area contributed by atoms with Crippen LogP contribution in [0.2, 0.25) is 0 Å². The van der Waals surface area contributed by atoms with Crippen molar-refractivity contribution >= 4 is 5.78 Å². The maximum Gasteiger partial charge on any atom is 0.159 e. The van der Waals surface area contributed by atoms with Crippen molar-refractivity contribution in [3.63, 3.8) is 0 Å². The van der Waals surface area contributed by atoms with Gasteiger partial charge >= 0.3 is 0 Å². The zero-order valence-corrected chi connectivity index (χ0v) is 4.85. The summed E-state index contributed by atoms with van der Waals surface area (Å²) in [6.07, 6.45) is 3.91. The fourth-order valence-corrected chi connectivity index (χ4v) is 0.734. The standard InChI is InChI=1S/C6H9NO/c1-5-4-6(8)2-3-7-5/h2-3,5,7H,4H2,1H3/t5-/m1/s1. The Bertz CT molecular complexity index is 128. The number of carbonyl (C=O) groups excluding carboxylic acids is 1. The van der Waals surface area contributed by atoms with Crippen molar-refractivity contribution in [1.29, 1.82) is 0 Å². The van der Waals surface area contributed by atoms with Crippen LogP contribution in [0, 0.1) is 0 Å². The molecule has 0 saturated heterocycles. The van der Waals surface area contributed by atoms with E-state index in [4.69, 9.17) is 0 Å². The van der Waals surface area contributed by atoms with Crippen molar-refractivity contribution in [3.05, 3.63) is 12.3 Å². The lowest BCUT2D eigenvalue weighted by Gasteiger charge is -2.12. The van der Waals surface area contributed by atoms with Gasteiger partial charge in [-0.25, -0.2) is 0 Å². The van der Waals surface area contributed by atoms with Crippen LogP contribution in [0.1, 0.15) is 13.3 Å². The van der Waals surface area contributed by atoms with E-state index in [1.165, 1.54) is 0 Å². The predicted octanol–water partition coefficient (Wildman–Crippen LogP) is 0.451. The smallest absolute Gasteiger partial charge is 0.159 e. The average Bonchev–Trinajstić information content (AvgIpc) is 1.64. The molecule has 0 radical (unpaired) electrons. The summed E-state index contributed by atoms with van der Waals surface area (Å²) in [5.41, 5.74) is 0. The molecule has 0 aromatic rings. The van der Waals surface area contributed by atoms with E-state index in [9.17, 15) is 4.79 Å². The molecule has 1 rings (SSSR count). The second-order valence-electron chi connectivity index (χ2n) is 2.07. The lowest BCUT2D eigenvalue weighted by atomic mass is 10.1. The number of ketones is 1. The molecule has 0 unspecified atom stereocenters. The van der Waals surface area contributed by atoms with E-state index in [0.717, 1.165) is 0 Å². The highest BCUT2D eigenvalue weighted by atomic mass is 16.1. The van der Waals surface area contributed by atoms with Crippen molar-refractivity contribution in [2.45, 2.75) is 19.4 Å². The monoisotopic (exact) mass is 111 g/mol. The zero-order chi connectivity index (χ0) is 5.98. The largest absolute Gasteiger partial charge is 0.388 e. The maximum atomic E-state index is 10.5. The Labute approximate surface area is 48.6 Å². The molecular weight excluding hydrogens is 102 g/mol. The molecule has 2 heteroatoms. The average molecular weight is 111 g/mol. The first-order chi connectivity index (χ1) is 3.79. The molecular formula is C6H9NO. The third-order valence-electron chi connectivity index (χ3n) is 1.16. The van der Waals surface area contributed by atoms with Crippen molar-refractivity contribution in [1.82, 2.24) is 5.32 Å². The van der Waals surface area contributed by atoms with Gasteiger partial charge in [0.15, 0.2) is 5.78 Å². The third kappa shape index (κ3) is 1.09. The van der Waals surface area contributed by atoms with Crippen molar-refractivity contribution in [3.8, 4) is 0 Å². The lowest BCUT2D eigenvalue weighted by molar-refractivity contribution is -0.115. The molecule has 0 aromatic carbocycles. The molecule has 0 aliphatic carbocycles. The summed E-state index contributed by atoms with van der Waals surface area (Å²) in [5, 5.41) is 3.01. The molecule has 1 aliphatic rings.